The molecule has 1 aliphatic rings. The Morgan fingerprint density at radius 3 is 1.77 bits per heavy atom. The van der Waals surface area contributed by atoms with E-state index in [0.29, 0.717) is 12.0 Å². The van der Waals surface area contributed by atoms with Crippen molar-refractivity contribution in [2.45, 2.75) is 114 Å². The molecule has 5 amide bonds. The molecule has 1 fully saturated rings. The number of carboxylic acids is 1. The molecule has 2 heterocycles. The van der Waals surface area contributed by atoms with Gasteiger partial charge < -0.3 is 46.7 Å². The quantitative estimate of drug-likeness (QED) is 0.0599. The predicted octanol–water partition coefficient (Wildman–Crippen LogP) is 3.98. The van der Waals surface area contributed by atoms with Gasteiger partial charge in [-0.3, -0.25) is 24.0 Å². The van der Waals surface area contributed by atoms with E-state index in [4.69, 9.17) is 10.5 Å². The number of carbonyl (C=O) groups is 6. The van der Waals surface area contributed by atoms with Crippen molar-refractivity contribution in [2.24, 2.45) is 5.73 Å². The lowest BCUT2D eigenvalue weighted by Gasteiger charge is -2.33. The van der Waals surface area contributed by atoms with Gasteiger partial charge in [0.05, 0.1) is 17.7 Å². The molecule has 5 aromatic rings. The second-order valence-electron chi connectivity index (χ2n) is 17.9. The number of hydrogen-bond donors (Lipinski definition) is 7. The third-order valence-corrected chi connectivity index (χ3v) is 11.6. The lowest BCUT2D eigenvalue weighted by Crippen LogP contribution is -2.62. The number of aliphatic carboxylic acids is 1. The fourth-order valence-electron chi connectivity index (χ4n) is 8.37. The van der Waals surface area contributed by atoms with E-state index in [1.54, 1.807) is 82.4 Å². The van der Waals surface area contributed by atoms with Gasteiger partial charge in [0.25, 0.3) is 0 Å². The summed E-state index contributed by atoms with van der Waals surface area (Å²) in [5.74, 6) is -4.40. The fraction of sp³-hybridized carbons (Fsp3) is 0.373. The largest absolute Gasteiger partial charge is 0.480 e. The van der Waals surface area contributed by atoms with E-state index in [2.05, 4.69) is 26.3 Å². The van der Waals surface area contributed by atoms with Crippen molar-refractivity contribution in [3.8, 4) is 0 Å². The fourth-order valence-corrected chi connectivity index (χ4v) is 8.37. The van der Waals surface area contributed by atoms with Crippen molar-refractivity contribution in [2.75, 3.05) is 6.54 Å². The van der Waals surface area contributed by atoms with Crippen molar-refractivity contribution in [3.05, 3.63) is 144 Å². The van der Waals surface area contributed by atoms with Crippen LogP contribution < -0.4 is 27.0 Å². The van der Waals surface area contributed by atoms with Crippen LogP contribution in [0.5, 0.6) is 0 Å². The number of amides is 5. The van der Waals surface area contributed by atoms with Gasteiger partial charge >= 0.3 is 5.97 Å². The Balaban J connectivity index is 1.29. The van der Waals surface area contributed by atoms with Crippen LogP contribution in [0.25, 0.3) is 10.9 Å². The molecule has 15 nitrogen and oxygen atoms in total. The molecule has 8 N–H and O–H groups in total. The molecular formula is C51H61N7O8. The number of likely N-dealkylation sites (tertiary alicyclic amines) is 1. The number of carbonyl (C=O) groups excluding carboxylic acids is 5. The summed E-state index contributed by atoms with van der Waals surface area (Å²) >= 11 is 0. The second-order valence-corrected chi connectivity index (χ2v) is 17.9. The van der Waals surface area contributed by atoms with Crippen LogP contribution in [-0.2, 0) is 59.2 Å². The number of carboxylic acid groups (broad SMARTS) is 1. The third kappa shape index (κ3) is 13.4. The summed E-state index contributed by atoms with van der Waals surface area (Å²) in [5, 5.41) is 22.2. The Morgan fingerprint density at radius 1 is 0.682 bits per heavy atom. The lowest BCUT2D eigenvalue weighted by molar-refractivity contribution is -0.150. The van der Waals surface area contributed by atoms with Crippen molar-refractivity contribution < 1.29 is 38.6 Å². The highest BCUT2D eigenvalue weighted by molar-refractivity contribution is 5.97. The van der Waals surface area contributed by atoms with Crippen molar-refractivity contribution in [1.82, 2.24) is 31.2 Å². The van der Waals surface area contributed by atoms with E-state index in [9.17, 15) is 33.9 Å². The Morgan fingerprint density at radius 2 is 1.18 bits per heavy atom. The van der Waals surface area contributed by atoms with E-state index < -0.39 is 83.5 Å². The maximum Gasteiger partial charge on any atom is 0.326 e. The van der Waals surface area contributed by atoms with Gasteiger partial charge in [-0.25, -0.2) is 4.79 Å². The molecule has 0 spiro atoms. The summed E-state index contributed by atoms with van der Waals surface area (Å²) in [6.45, 7) is 7.23. The van der Waals surface area contributed by atoms with E-state index >= 15 is 0 Å². The highest BCUT2D eigenvalue weighted by Gasteiger charge is 2.40. The van der Waals surface area contributed by atoms with Crippen molar-refractivity contribution >= 4 is 46.4 Å². The number of nitrogens with one attached hydrogen (secondary N) is 5. The number of para-hydroxylation sites is 1. The van der Waals surface area contributed by atoms with Gasteiger partial charge in [-0.15, -0.1) is 0 Å². The molecule has 1 aliphatic heterocycles. The highest BCUT2D eigenvalue weighted by atomic mass is 16.5. The normalized spacial score (nSPS) is 16.6. The number of aromatic amines is 1. The molecule has 0 unspecified atom stereocenters. The third-order valence-electron chi connectivity index (χ3n) is 11.6. The van der Waals surface area contributed by atoms with Gasteiger partial charge in [-0.1, -0.05) is 109 Å². The number of fused-ring (bicyclic) bond motifs is 1. The van der Waals surface area contributed by atoms with Gasteiger partial charge in [-0.2, -0.15) is 0 Å². The molecule has 66 heavy (non-hydrogen) atoms. The number of H-pyrrole nitrogens is 1. The first kappa shape index (κ1) is 48.6. The minimum absolute atomic E-state index is 0.00316. The number of rotatable bonds is 20. The molecule has 0 saturated carbocycles. The molecule has 348 valence electrons. The molecule has 0 radical (unpaired) electrons. The van der Waals surface area contributed by atoms with Crippen LogP contribution in [0.4, 0.5) is 0 Å². The van der Waals surface area contributed by atoms with Crippen molar-refractivity contribution in [3.63, 3.8) is 0 Å². The van der Waals surface area contributed by atoms with E-state index in [1.807, 2.05) is 66.7 Å². The van der Waals surface area contributed by atoms with Crippen LogP contribution in [0.15, 0.2) is 121 Å². The Hall–Kier alpha value is -6.84. The number of nitrogens with two attached hydrogens (primary N) is 1. The molecular weight excluding hydrogens is 839 g/mol. The number of hydrogen-bond acceptors (Lipinski definition) is 8. The number of nitrogens with zero attached hydrogens (tertiary/aromatic N) is 1. The predicted molar refractivity (Wildman–Crippen MR) is 251 cm³/mol. The zero-order valence-corrected chi connectivity index (χ0v) is 37.9. The molecule has 15 heteroatoms. The highest BCUT2D eigenvalue weighted by Crippen LogP contribution is 2.22. The van der Waals surface area contributed by atoms with Crippen molar-refractivity contribution in [1.29, 1.82) is 0 Å². The van der Waals surface area contributed by atoms with E-state index in [1.165, 1.54) is 4.90 Å². The minimum atomic E-state index is -1.40. The second kappa shape index (κ2) is 22.4. The Bertz CT molecular complexity index is 2440. The molecule has 0 aliphatic carbocycles. The SMILES string of the molecule is C[C@@H](OC(C)(C)C)[C@H](NC(=O)[C@H](Cc1ccccc1)NC(=O)[C@@H](Cc1c[nH]c2ccccc12)NC(=O)[C@H](N)Cc1ccccc1)C(=O)N[C@@H](Cc1ccccc1)C(=O)N1CCC[C@H]1C(=O)O. The van der Waals surface area contributed by atoms with Crippen LogP contribution in [0.2, 0.25) is 0 Å². The van der Waals surface area contributed by atoms with E-state index in [-0.39, 0.29) is 38.6 Å². The van der Waals surface area contributed by atoms with Crippen LogP contribution >= 0.6 is 0 Å². The summed E-state index contributed by atoms with van der Waals surface area (Å²) in [4.78, 5) is 88.6. The topological polar surface area (TPSA) is 225 Å². The number of benzene rings is 4. The average Bonchev–Trinajstić information content (AvgIpc) is 3.96. The maximum absolute atomic E-state index is 14.7. The summed E-state index contributed by atoms with van der Waals surface area (Å²) in [5.41, 5.74) is 9.49. The van der Waals surface area contributed by atoms with Gasteiger partial charge in [0.1, 0.15) is 30.2 Å². The number of ether oxygens (including phenoxy) is 1. The van der Waals surface area contributed by atoms with Gasteiger partial charge in [0, 0.05) is 42.9 Å². The zero-order valence-electron chi connectivity index (χ0n) is 37.9. The summed E-state index contributed by atoms with van der Waals surface area (Å²) in [7, 11) is 0. The lowest BCUT2D eigenvalue weighted by atomic mass is 10.00. The summed E-state index contributed by atoms with van der Waals surface area (Å²) < 4.78 is 6.25. The first-order valence-corrected chi connectivity index (χ1v) is 22.4. The molecule has 7 atom stereocenters. The first-order valence-electron chi connectivity index (χ1n) is 22.4. The van der Waals surface area contributed by atoms with Gasteiger partial charge in [0.2, 0.25) is 29.5 Å². The number of aromatic nitrogens is 1. The molecule has 0 bridgehead atoms. The Labute approximate surface area is 385 Å². The molecule has 1 saturated heterocycles. The molecule has 4 aromatic carbocycles. The monoisotopic (exact) mass is 899 g/mol. The first-order chi connectivity index (χ1) is 31.6. The summed E-state index contributed by atoms with van der Waals surface area (Å²) in [6, 6.07) is 27.8. The molecule has 1 aromatic heterocycles. The average molecular weight is 900 g/mol. The van der Waals surface area contributed by atoms with Crippen LogP contribution in [0.1, 0.15) is 62.8 Å². The van der Waals surface area contributed by atoms with Crippen LogP contribution in [-0.4, -0.2) is 105 Å². The maximum atomic E-state index is 14.7. The van der Waals surface area contributed by atoms with Gasteiger partial charge in [-0.05, 0) is 75.3 Å². The van der Waals surface area contributed by atoms with Crippen LogP contribution in [0.3, 0.4) is 0 Å². The Kier molecular flexibility index (Phi) is 16.5. The van der Waals surface area contributed by atoms with Crippen LogP contribution in [0, 0.1) is 0 Å². The van der Waals surface area contributed by atoms with Gasteiger partial charge in [0.15, 0.2) is 0 Å². The van der Waals surface area contributed by atoms with E-state index in [0.717, 1.165) is 27.6 Å². The smallest absolute Gasteiger partial charge is 0.326 e. The standard InChI is InChI=1S/C51H61N7O8/c1-32(66-51(2,3)4)44(48(62)56-42(29-35-21-12-7-13-22-35)49(63)58-26-16-25-43(58)50(64)65)57-47(61)40(28-34-19-10-6-11-20-34)55-46(60)41(30-36-31-53-39-24-15-14-23-37(36)39)54-45(59)38(52)27-33-17-8-5-9-18-33/h5-15,17-24,31-32,38,40-44,53H,16,25-30,52H2,1-4H3,(H,54,59)(H,55,60)(H,56,62)(H,57,61)(H,64,65)/t32-,38-,40+,41-,42+,43+,44+/m1/s1. The minimum Gasteiger partial charge on any atom is -0.480 e. The zero-order chi connectivity index (χ0) is 47.4. The molecule has 6 rings (SSSR count). The summed E-state index contributed by atoms with van der Waals surface area (Å²) in [6.07, 6.45) is 1.91.